The molecule has 0 aliphatic heterocycles. The van der Waals surface area contributed by atoms with Crippen LogP contribution in [0.3, 0.4) is 0 Å². The summed E-state index contributed by atoms with van der Waals surface area (Å²) < 4.78 is 33.7. The topological polar surface area (TPSA) is 93.7 Å². The molecular formula is C18H16F2N2O5. The minimum atomic E-state index is -3.09. The van der Waals surface area contributed by atoms with E-state index in [2.05, 4.69) is 15.4 Å². The molecule has 0 aliphatic carbocycles. The molecule has 0 heterocycles. The number of rotatable bonds is 8. The Morgan fingerprint density at radius 3 is 2.33 bits per heavy atom. The molecule has 2 rings (SSSR count). The number of esters is 1. The predicted molar refractivity (Wildman–Crippen MR) is 91.4 cm³/mol. The van der Waals surface area contributed by atoms with E-state index in [1.54, 1.807) is 30.3 Å². The minimum absolute atomic E-state index is 0.160. The third kappa shape index (κ3) is 6.73. The lowest BCUT2D eigenvalue weighted by Gasteiger charge is -2.11. The van der Waals surface area contributed by atoms with Crippen LogP contribution in [0.1, 0.15) is 10.4 Å². The molecule has 0 unspecified atom stereocenters. The maximum Gasteiger partial charge on any atom is 0.387 e. The van der Waals surface area contributed by atoms with Gasteiger partial charge in [-0.05, 0) is 24.3 Å². The highest BCUT2D eigenvalue weighted by molar-refractivity contribution is 5.98. The lowest BCUT2D eigenvalue weighted by atomic mass is 10.2. The molecule has 0 aromatic heterocycles. The molecule has 0 radical (unpaired) electrons. The molecule has 142 valence electrons. The molecule has 0 saturated carbocycles. The Morgan fingerprint density at radius 2 is 1.63 bits per heavy atom. The van der Waals surface area contributed by atoms with E-state index in [4.69, 9.17) is 4.74 Å². The number of ether oxygens (including phenoxy) is 2. The van der Waals surface area contributed by atoms with Crippen LogP contribution in [0.25, 0.3) is 0 Å². The van der Waals surface area contributed by atoms with Crippen molar-refractivity contribution in [1.29, 1.82) is 0 Å². The Bertz CT molecular complexity index is 799. The van der Waals surface area contributed by atoms with Crippen LogP contribution in [0.2, 0.25) is 0 Å². The highest BCUT2D eigenvalue weighted by atomic mass is 19.3. The summed E-state index contributed by atoms with van der Waals surface area (Å²) in [4.78, 5) is 35.3. The van der Waals surface area contributed by atoms with E-state index in [1.807, 2.05) is 0 Å². The molecule has 2 N–H and O–H groups in total. The number of halogens is 2. The van der Waals surface area contributed by atoms with Crippen molar-refractivity contribution in [3.8, 4) is 5.75 Å². The zero-order valence-corrected chi connectivity index (χ0v) is 14.0. The van der Waals surface area contributed by atoms with Gasteiger partial charge in [0, 0.05) is 5.69 Å². The van der Waals surface area contributed by atoms with E-state index in [-0.39, 0.29) is 11.3 Å². The summed E-state index contributed by atoms with van der Waals surface area (Å²) in [5, 5.41) is 4.74. The van der Waals surface area contributed by atoms with Crippen LogP contribution < -0.4 is 15.4 Å². The molecular weight excluding hydrogens is 362 g/mol. The number of hydrogen-bond acceptors (Lipinski definition) is 5. The van der Waals surface area contributed by atoms with E-state index >= 15 is 0 Å². The summed E-state index contributed by atoms with van der Waals surface area (Å²) in [5.41, 5.74) is 0.384. The first-order valence-corrected chi connectivity index (χ1v) is 7.78. The Kier molecular flexibility index (Phi) is 7.24. The van der Waals surface area contributed by atoms with Gasteiger partial charge in [0.05, 0.1) is 5.56 Å². The zero-order chi connectivity index (χ0) is 19.6. The summed E-state index contributed by atoms with van der Waals surface area (Å²) in [6.45, 7) is -4.16. The molecule has 0 bridgehead atoms. The lowest BCUT2D eigenvalue weighted by molar-refractivity contribution is -0.146. The summed E-state index contributed by atoms with van der Waals surface area (Å²) in [7, 11) is 0. The molecule has 0 fully saturated rings. The number of nitrogens with one attached hydrogen (secondary N) is 2. The SMILES string of the molecule is O=C(COC(=O)CNC(=O)c1ccccc1OC(F)F)Nc1ccccc1. The van der Waals surface area contributed by atoms with Crippen LogP contribution >= 0.6 is 0 Å². The average Bonchev–Trinajstić information content (AvgIpc) is 2.65. The van der Waals surface area contributed by atoms with Gasteiger partial charge in [-0.2, -0.15) is 8.78 Å². The Hall–Kier alpha value is -3.49. The van der Waals surface area contributed by atoms with Gasteiger partial charge in [-0.25, -0.2) is 0 Å². The third-order valence-corrected chi connectivity index (χ3v) is 3.16. The normalized spacial score (nSPS) is 10.2. The van der Waals surface area contributed by atoms with Crippen molar-refractivity contribution in [2.24, 2.45) is 0 Å². The molecule has 0 spiro atoms. The smallest absolute Gasteiger partial charge is 0.387 e. The second kappa shape index (κ2) is 9.85. The maximum absolute atomic E-state index is 12.3. The molecule has 0 aliphatic rings. The lowest BCUT2D eigenvalue weighted by Crippen LogP contribution is -2.32. The molecule has 9 heteroatoms. The first-order chi connectivity index (χ1) is 13.0. The Labute approximate surface area is 153 Å². The summed E-state index contributed by atoms with van der Waals surface area (Å²) in [5.74, 6) is -2.52. The van der Waals surface area contributed by atoms with Gasteiger partial charge in [-0.3, -0.25) is 14.4 Å². The van der Waals surface area contributed by atoms with E-state index in [1.165, 1.54) is 24.3 Å². The fourth-order valence-electron chi connectivity index (χ4n) is 2.02. The van der Waals surface area contributed by atoms with Gasteiger partial charge in [-0.1, -0.05) is 30.3 Å². The van der Waals surface area contributed by atoms with Gasteiger partial charge < -0.3 is 20.1 Å². The monoisotopic (exact) mass is 378 g/mol. The molecule has 0 atom stereocenters. The number of amides is 2. The predicted octanol–water partition coefficient (Wildman–Crippen LogP) is 2.20. The quantitative estimate of drug-likeness (QED) is 0.687. The van der Waals surface area contributed by atoms with Gasteiger partial charge in [0.1, 0.15) is 12.3 Å². The maximum atomic E-state index is 12.3. The van der Waals surface area contributed by atoms with Crippen molar-refractivity contribution in [1.82, 2.24) is 5.32 Å². The van der Waals surface area contributed by atoms with Gasteiger partial charge in [0.25, 0.3) is 11.8 Å². The van der Waals surface area contributed by atoms with Crippen molar-refractivity contribution >= 4 is 23.5 Å². The summed E-state index contributed by atoms with van der Waals surface area (Å²) in [6, 6.07) is 13.9. The van der Waals surface area contributed by atoms with E-state index in [0.717, 1.165) is 0 Å². The fourth-order valence-corrected chi connectivity index (χ4v) is 2.02. The number of para-hydroxylation sites is 2. The zero-order valence-electron chi connectivity index (χ0n) is 14.0. The number of carbonyl (C=O) groups is 3. The number of anilines is 1. The standard InChI is InChI=1S/C18H16F2N2O5/c19-18(20)27-14-9-5-4-8-13(14)17(25)21-10-16(24)26-11-15(23)22-12-6-2-1-3-7-12/h1-9,18H,10-11H2,(H,21,25)(H,22,23). The van der Waals surface area contributed by atoms with Crippen molar-refractivity contribution in [2.45, 2.75) is 6.61 Å². The molecule has 2 aromatic rings. The first-order valence-electron chi connectivity index (χ1n) is 7.78. The molecule has 27 heavy (non-hydrogen) atoms. The van der Waals surface area contributed by atoms with E-state index < -0.39 is 37.5 Å². The second-order valence-corrected chi connectivity index (χ2v) is 5.13. The molecule has 2 aromatic carbocycles. The van der Waals surface area contributed by atoms with Crippen molar-refractivity contribution in [2.75, 3.05) is 18.5 Å². The van der Waals surface area contributed by atoms with Gasteiger partial charge in [0.15, 0.2) is 6.61 Å². The minimum Gasteiger partial charge on any atom is -0.454 e. The highest BCUT2D eigenvalue weighted by Gasteiger charge is 2.16. The Balaban J connectivity index is 1.78. The molecule has 2 amide bonds. The van der Waals surface area contributed by atoms with Crippen LogP contribution in [0.15, 0.2) is 54.6 Å². The second-order valence-electron chi connectivity index (χ2n) is 5.13. The number of benzene rings is 2. The van der Waals surface area contributed by atoms with E-state index in [0.29, 0.717) is 5.69 Å². The van der Waals surface area contributed by atoms with Gasteiger partial charge >= 0.3 is 12.6 Å². The largest absolute Gasteiger partial charge is 0.454 e. The first kappa shape index (κ1) is 19.8. The van der Waals surface area contributed by atoms with E-state index in [9.17, 15) is 23.2 Å². The number of alkyl halides is 2. The third-order valence-electron chi connectivity index (χ3n) is 3.16. The fraction of sp³-hybridized carbons (Fsp3) is 0.167. The summed E-state index contributed by atoms with van der Waals surface area (Å²) in [6.07, 6.45) is 0. The molecule has 0 saturated heterocycles. The summed E-state index contributed by atoms with van der Waals surface area (Å²) >= 11 is 0. The highest BCUT2D eigenvalue weighted by Crippen LogP contribution is 2.19. The Morgan fingerprint density at radius 1 is 0.963 bits per heavy atom. The number of carbonyl (C=O) groups excluding carboxylic acids is 3. The van der Waals surface area contributed by atoms with Crippen LogP contribution in [0.4, 0.5) is 14.5 Å². The van der Waals surface area contributed by atoms with Crippen LogP contribution in [-0.2, 0) is 14.3 Å². The van der Waals surface area contributed by atoms with Crippen molar-refractivity contribution in [3.05, 3.63) is 60.2 Å². The van der Waals surface area contributed by atoms with Gasteiger partial charge in [-0.15, -0.1) is 0 Å². The van der Waals surface area contributed by atoms with Crippen molar-refractivity contribution in [3.63, 3.8) is 0 Å². The molecule has 7 nitrogen and oxygen atoms in total. The van der Waals surface area contributed by atoms with Crippen molar-refractivity contribution < 1.29 is 32.6 Å². The van der Waals surface area contributed by atoms with Crippen LogP contribution in [0.5, 0.6) is 5.75 Å². The number of hydrogen-bond donors (Lipinski definition) is 2. The van der Waals surface area contributed by atoms with Gasteiger partial charge in [0.2, 0.25) is 0 Å². The average molecular weight is 378 g/mol. The van der Waals surface area contributed by atoms with Crippen LogP contribution in [0, 0.1) is 0 Å². The van der Waals surface area contributed by atoms with Crippen LogP contribution in [-0.4, -0.2) is 37.5 Å².